The molecule has 0 aromatic carbocycles. The molecule has 2 aliphatic rings. The van der Waals surface area contributed by atoms with Crippen molar-refractivity contribution in [2.45, 2.75) is 70.4 Å². The first-order chi connectivity index (χ1) is 9.41. The summed E-state index contributed by atoms with van der Waals surface area (Å²) in [5, 5.41) is 12.2. The normalized spacial score (nSPS) is 29.8. The molecule has 114 valence electrons. The molecule has 1 heterocycles. The van der Waals surface area contributed by atoms with Crippen LogP contribution in [0.15, 0.2) is 0 Å². The number of carbonyl (C=O) groups is 2. The molecule has 0 aromatic heterocycles. The average Bonchev–Trinajstić information content (AvgIpc) is 2.38. The van der Waals surface area contributed by atoms with E-state index >= 15 is 0 Å². The molecule has 2 atom stereocenters. The maximum atomic E-state index is 12.4. The second-order valence-electron chi connectivity index (χ2n) is 6.65. The minimum atomic E-state index is -0.740. The molecule has 1 aliphatic carbocycles. The Kier molecular flexibility index (Phi) is 4.55. The van der Waals surface area contributed by atoms with Crippen LogP contribution in [0.4, 0.5) is 4.79 Å². The molecule has 2 unspecified atom stereocenters. The number of aliphatic carboxylic acids is 1. The van der Waals surface area contributed by atoms with E-state index in [1.807, 2.05) is 6.92 Å². The summed E-state index contributed by atoms with van der Waals surface area (Å²) in [5.74, 6) is -1.05. The van der Waals surface area contributed by atoms with Gasteiger partial charge in [0, 0.05) is 18.1 Å². The van der Waals surface area contributed by atoms with Crippen molar-refractivity contribution in [2.24, 2.45) is 5.92 Å². The zero-order chi connectivity index (χ0) is 14.8. The van der Waals surface area contributed by atoms with Crippen molar-refractivity contribution in [1.82, 2.24) is 10.2 Å². The van der Waals surface area contributed by atoms with Crippen LogP contribution in [-0.4, -0.2) is 40.1 Å². The first-order valence-corrected chi connectivity index (χ1v) is 7.73. The summed E-state index contributed by atoms with van der Waals surface area (Å²) in [5.41, 5.74) is -0.0846. The van der Waals surface area contributed by atoms with E-state index in [1.54, 1.807) is 4.90 Å². The highest BCUT2D eigenvalue weighted by Gasteiger charge is 2.35. The van der Waals surface area contributed by atoms with Crippen LogP contribution >= 0.6 is 0 Å². The van der Waals surface area contributed by atoms with Crippen molar-refractivity contribution in [1.29, 1.82) is 0 Å². The van der Waals surface area contributed by atoms with E-state index < -0.39 is 5.97 Å². The van der Waals surface area contributed by atoms with Crippen molar-refractivity contribution in [3.05, 3.63) is 0 Å². The SMILES string of the molecule is CC1CC(C(=O)O)CCN1C(=O)NC1(C)CCCCC1. The van der Waals surface area contributed by atoms with Gasteiger partial charge < -0.3 is 15.3 Å². The molecule has 2 fully saturated rings. The van der Waals surface area contributed by atoms with E-state index in [0.29, 0.717) is 19.4 Å². The van der Waals surface area contributed by atoms with E-state index in [9.17, 15) is 9.59 Å². The van der Waals surface area contributed by atoms with Gasteiger partial charge in [0.1, 0.15) is 0 Å². The smallest absolute Gasteiger partial charge is 0.318 e. The lowest BCUT2D eigenvalue weighted by atomic mass is 9.83. The quantitative estimate of drug-likeness (QED) is 0.818. The van der Waals surface area contributed by atoms with Gasteiger partial charge in [0.2, 0.25) is 0 Å². The van der Waals surface area contributed by atoms with Gasteiger partial charge in [-0.2, -0.15) is 0 Å². The molecular weight excluding hydrogens is 256 g/mol. The van der Waals surface area contributed by atoms with Crippen molar-refractivity contribution < 1.29 is 14.7 Å². The molecule has 20 heavy (non-hydrogen) atoms. The van der Waals surface area contributed by atoms with Gasteiger partial charge in [0.25, 0.3) is 0 Å². The Hall–Kier alpha value is -1.26. The van der Waals surface area contributed by atoms with Gasteiger partial charge in [-0.3, -0.25) is 4.79 Å². The molecule has 2 amide bonds. The molecule has 1 aliphatic heterocycles. The van der Waals surface area contributed by atoms with Gasteiger partial charge in [0.05, 0.1) is 5.92 Å². The van der Waals surface area contributed by atoms with Crippen molar-refractivity contribution in [2.75, 3.05) is 6.54 Å². The van der Waals surface area contributed by atoms with E-state index in [4.69, 9.17) is 5.11 Å². The zero-order valence-electron chi connectivity index (χ0n) is 12.5. The third kappa shape index (κ3) is 3.44. The number of urea groups is 1. The van der Waals surface area contributed by atoms with Gasteiger partial charge in [-0.15, -0.1) is 0 Å². The predicted octanol–water partition coefficient (Wildman–Crippen LogP) is 2.60. The van der Waals surface area contributed by atoms with Crippen LogP contribution in [0, 0.1) is 5.92 Å². The first kappa shape index (κ1) is 15.1. The largest absolute Gasteiger partial charge is 0.481 e. The number of likely N-dealkylation sites (tertiary alicyclic amines) is 1. The Labute approximate surface area is 120 Å². The highest BCUT2D eigenvalue weighted by atomic mass is 16.4. The number of amides is 2. The van der Waals surface area contributed by atoms with E-state index in [0.717, 1.165) is 12.8 Å². The topological polar surface area (TPSA) is 69.6 Å². The molecular formula is C15H26N2O3. The van der Waals surface area contributed by atoms with Crippen LogP contribution in [0.5, 0.6) is 0 Å². The monoisotopic (exact) mass is 282 g/mol. The molecule has 2 N–H and O–H groups in total. The molecule has 1 saturated heterocycles. The lowest BCUT2D eigenvalue weighted by Gasteiger charge is -2.41. The maximum absolute atomic E-state index is 12.4. The summed E-state index contributed by atoms with van der Waals surface area (Å²) in [4.78, 5) is 25.3. The van der Waals surface area contributed by atoms with Gasteiger partial charge in [-0.25, -0.2) is 4.79 Å². The first-order valence-electron chi connectivity index (χ1n) is 7.73. The molecule has 5 heteroatoms. The number of carboxylic acid groups (broad SMARTS) is 1. The highest BCUT2D eigenvalue weighted by Crippen LogP contribution is 2.29. The van der Waals surface area contributed by atoms with Crippen LogP contribution < -0.4 is 5.32 Å². The summed E-state index contributed by atoms with van der Waals surface area (Å²) >= 11 is 0. The number of piperidine rings is 1. The van der Waals surface area contributed by atoms with Gasteiger partial charge in [-0.05, 0) is 39.5 Å². The lowest BCUT2D eigenvalue weighted by molar-refractivity contribution is -0.143. The Balaban J connectivity index is 1.91. The maximum Gasteiger partial charge on any atom is 0.318 e. The average molecular weight is 282 g/mol. The van der Waals surface area contributed by atoms with Gasteiger partial charge >= 0.3 is 12.0 Å². The molecule has 2 rings (SSSR count). The van der Waals surface area contributed by atoms with Crippen LogP contribution in [0.3, 0.4) is 0 Å². The number of hydrogen-bond donors (Lipinski definition) is 2. The van der Waals surface area contributed by atoms with Crippen LogP contribution in [-0.2, 0) is 4.79 Å². The minimum absolute atomic E-state index is 0.00274. The number of hydrogen-bond acceptors (Lipinski definition) is 2. The third-order valence-corrected chi connectivity index (χ3v) is 4.85. The minimum Gasteiger partial charge on any atom is -0.481 e. The number of nitrogens with zero attached hydrogens (tertiary/aromatic N) is 1. The fourth-order valence-corrected chi connectivity index (χ4v) is 3.49. The fourth-order valence-electron chi connectivity index (χ4n) is 3.49. The van der Waals surface area contributed by atoms with E-state index in [2.05, 4.69) is 12.2 Å². The summed E-state index contributed by atoms with van der Waals surface area (Å²) in [7, 11) is 0. The third-order valence-electron chi connectivity index (χ3n) is 4.85. The second-order valence-corrected chi connectivity index (χ2v) is 6.65. The van der Waals surface area contributed by atoms with Crippen molar-refractivity contribution in [3.63, 3.8) is 0 Å². The molecule has 0 spiro atoms. The molecule has 0 aromatic rings. The molecule has 5 nitrogen and oxygen atoms in total. The number of carbonyl (C=O) groups excluding carboxylic acids is 1. The summed E-state index contributed by atoms with van der Waals surface area (Å²) in [6.07, 6.45) is 6.80. The van der Waals surface area contributed by atoms with Gasteiger partial charge in [0.15, 0.2) is 0 Å². The Morgan fingerprint density at radius 2 is 1.90 bits per heavy atom. The molecule has 1 saturated carbocycles. The van der Waals surface area contributed by atoms with Crippen LogP contribution in [0.1, 0.15) is 58.8 Å². The summed E-state index contributed by atoms with van der Waals surface area (Å²) in [6.45, 7) is 4.61. The Bertz CT molecular complexity index is 377. The number of carboxylic acids is 1. The Morgan fingerprint density at radius 3 is 2.45 bits per heavy atom. The Morgan fingerprint density at radius 1 is 1.25 bits per heavy atom. The van der Waals surface area contributed by atoms with Crippen LogP contribution in [0.2, 0.25) is 0 Å². The molecule has 0 bridgehead atoms. The summed E-state index contributed by atoms with van der Waals surface area (Å²) < 4.78 is 0. The highest BCUT2D eigenvalue weighted by molar-refractivity contribution is 5.76. The standard InChI is InChI=1S/C15H26N2O3/c1-11-10-12(13(18)19)6-9-17(11)14(20)16-15(2)7-4-3-5-8-15/h11-12H,3-10H2,1-2H3,(H,16,20)(H,18,19). The van der Waals surface area contributed by atoms with Crippen LogP contribution in [0.25, 0.3) is 0 Å². The lowest BCUT2D eigenvalue weighted by Crippen LogP contribution is -2.56. The van der Waals surface area contributed by atoms with Crippen molar-refractivity contribution >= 4 is 12.0 Å². The predicted molar refractivity (Wildman–Crippen MR) is 76.5 cm³/mol. The van der Waals surface area contributed by atoms with E-state index in [-0.39, 0.29) is 23.5 Å². The van der Waals surface area contributed by atoms with Gasteiger partial charge in [-0.1, -0.05) is 19.3 Å². The van der Waals surface area contributed by atoms with E-state index in [1.165, 1.54) is 19.3 Å². The fraction of sp³-hybridized carbons (Fsp3) is 0.867. The number of nitrogens with one attached hydrogen (secondary N) is 1. The summed E-state index contributed by atoms with van der Waals surface area (Å²) in [6, 6.07) is -0.0252. The molecule has 0 radical (unpaired) electrons. The second kappa shape index (κ2) is 6.02. The van der Waals surface area contributed by atoms with Crippen molar-refractivity contribution in [3.8, 4) is 0 Å². The number of rotatable bonds is 2. The zero-order valence-corrected chi connectivity index (χ0v) is 12.5.